The topological polar surface area (TPSA) is 52.8 Å². The Kier molecular flexibility index (Phi) is 2.82. The molecule has 1 aliphatic rings. The number of rotatable bonds is 1. The van der Waals surface area contributed by atoms with Crippen LogP contribution in [-0.2, 0) is 0 Å². The van der Waals surface area contributed by atoms with E-state index in [9.17, 15) is 0 Å². The van der Waals surface area contributed by atoms with Crippen molar-refractivity contribution in [3.8, 4) is 6.07 Å². The van der Waals surface area contributed by atoms with E-state index in [-0.39, 0.29) is 5.82 Å². The van der Waals surface area contributed by atoms with Crippen LogP contribution < -0.4 is 4.90 Å². The lowest BCUT2D eigenvalue weighted by Gasteiger charge is -2.28. The molecule has 0 aromatic carbocycles. The lowest BCUT2D eigenvalue weighted by molar-refractivity contribution is 0.571. The number of aromatic nitrogens is 2. The first-order valence-electron chi connectivity index (χ1n) is 5.30. The van der Waals surface area contributed by atoms with Crippen LogP contribution in [-0.4, -0.2) is 23.1 Å². The van der Waals surface area contributed by atoms with Crippen LogP contribution >= 0.6 is 0 Å². The van der Waals surface area contributed by atoms with Crippen molar-refractivity contribution in [1.29, 1.82) is 5.26 Å². The van der Waals surface area contributed by atoms with Crippen molar-refractivity contribution in [2.45, 2.75) is 26.2 Å². The summed E-state index contributed by atoms with van der Waals surface area (Å²) in [6, 6.07) is 1.98. The maximum Gasteiger partial charge on any atom is 0.234 e. The molecule has 0 N–H and O–H groups in total. The monoisotopic (exact) mass is 202 g/mol. The molecule has 4 heteroatoms. The van der Waals surface area contributed by atoms with Crippen molar-refractivity contribution >= 4 is 5.82 Å². The van der Waals surface area contributed by atoms with E-state index in [0.29, 0.717) is 0 Å². The maximum atomic E-state index is 8.76. The number of anilines is 1. The van der Waals surface area contributed by atoms with Gasteiger partial charge in [0, 0.05) is 24.8 Å². The predicted molar refractivity (Wildman–Crippen MR) is 57.5 cm³/mol. The second-order valence-electron chi connectivity index (χ2n) is 3.86. The van der Waals surface area contributed by atoms with Crippen LogP contribution in [0.15, 0.2) is 6.20 Å². The zero-order valence-corrected chi connectivity index (χ0v) is 8.90. The zero-order valence-electron chi connectivity index (χ0n) is 8.90. The second-order valence-corrected chi connectivity index (χ2v) is 3.86. The molecule has 78 valence electrons. The van der Waals surface area contributed by atoms with Gasteiger partial charge in [-0.2, -0.15) is 5.26 Å². The lowest BCUT2D eigenvalue weighted by atomic mass is 10.1. The van der Waals surface area contributed by atoms with Gasteiger partial charge in [-0.05, 0) is 26.2 Å². The first-order valence-corrected chi connectivity index (χ1v) is 5.30. The van der Waals surface area contributed by atoms with Crippen molar-refractivity contribution in [1.82, 2.24) is 9.97 Å². The Morgan fingerprint density at radius 2 is 2.07 bits per heavy atom. The summed E-state index contributed by atoms with van der Waals surface area (Å²) in [7, 11) is 0. The molecule has 2 heterocycles. The van der Waals surface area contributed by atoms with Crippen LogP contribution in [0.2, 0.25) is 0 Å². The van der Waals surface area contributed by atoms with E-state index >= 15 is 0 Å². The molecule has 0 atom stereocenters. The Hall–Kier alpha value is -1.63. The molecule has 1 aliphatic heterocycles. The third-order valence-corrected chi connectivity index (χ3v) is 2.70. The van der Waals surface area contributed by atoms with Gasteiger partial charge in [0.25, 0.3) is 0 Å². The molecule has 1 aromatic heterocycles. The molecule has 0 radical (unpaired) electrons. The maximum absolute atomic E-state index is 8.76. The van der Waals surface area contributed by atoms with Crippen LogP contribution in [0.5, 0.6) is 0 Å². The predicted octanol–water partition coefficient (Wildman–Crippen LogP) is 1.65. The van der Waals surface area contributed by atoms with E-state index < -0.39 is 0 Å². The molecule has 15 heavy (non-hydrogen) atoms. The van der Waals surface area contributed by atoms with E-state index in [1.165, 1.54) is 19.3 Å². The normalized spacial score (nSPS) is 16.1. The van der Waals surface area contributed by atoms with Gasteiger partial charge < -0.3 is 4.90 Å². The van der Waals surface area contributed by atoms with Crippen molar-refractivity contribution in [2.24, 2.45) is 0 Å². The minimum absolute atomic E-state index is 0.265. The van der Waals surface area contributed by atoms with Gasteiger partial charge in [-0.1, -0.05) is 0 Å². The van der Waals surface area contributed by atoms with E-state index in [0.717, 1.165) is 24.5 Å². The molecule has 0 saturated carbocycles. The van der Waals surface area contributed by atoms with Crippen LogP contribution in [0.1, 0.15) is 30.7 Å². The first kappa shape index (κ1) is 9.91. The summed E-state index contributed by atoms with van der Waals surface area (Å²) in [6.45, 7) is 4.08. The van der Waals surface area contributed by atoms with Gasteiger partial charge in [0.05, 0.1) is 0 Å². The van der Waals surface area contributed by atoms with Gasteiger partial charge >= 0.3 is 0 Å². The number of aryl methyl sites for hydroxylation is 1. The first-order chi connectivity index (χ1) is 7.31. The highest BCUT2D eigenvalue weighted by molar-refractivity contribution is 5.46. The third kappa shape index (κ3) is 2.07. The summed E-state index contributed by atoms with van der Waals surface area (Å²) in [5.41, 5.74) is 1.05. The fourth-order valence-electron chi connectivity index (χ4n) is 1.91. The summed E-state index contributed by atoms with van der Waals surface area (Å²) >= 11 is 0. The van der Waals surface area contributed by atoms with Crippen molar-refractivity contribution < 1.29 is 0 Å². The fraction of sp³-hybridized carbons (Fsp3) is 0.545. The molecule has 0 spiro atoms. The smallest absolute Gasteiger partial charge is 0.234 e. The average Bonchev–Trinajstić information content (AvgIpc) is 2.31. The van der Waals surface area contributed by atoms with Crippen molar-refractivity contribution in [2.75, 3.05) is 18.0 Å². The van der Waals surface area contributed by atoms with E-state index in [1.807, 2.05) is 13.0 Å². The lowest BCUT2D eigenvalue weighted by Crippen LogP contribution is -2.31. The van der Waals surface area contributed by atoms with Gasteiger partial charge in [0.15, 0.2) is 0 Å². The molecular weight excluding hydrogens is 188 g/mol. The highest BCUT2D eigenvalue weighted by atomic mass is 15.2. The number of piperidine rings is 1. The minimum atomic E-state index is 0.265. The average molecular weight is 202 g/mol. The van der Waals surface area contributed by atoms with Crippen molar-refractivity contribution in [3.05, 3.63) is 17.6 Å². The molecule has 0 aliphatic carbocycles. The quantitative estimate of drug-likeness (QED) is 0.694. The number of nitriles is 1. The Morgan fingerprint density at radius 1 is 1.33 bits per heavy atom. The summed E-state index contributed by atoms with van der Waals surface area (Å²) in [5.74, 6) is 1.20. The summed E-state index contributed by atoms with van der Waals surface area (Å²) in [6.07, 6.45) is 5.46. The number of hydrogen-bond acceptors (Lipinski definition) is 4. The SMILES string of the molecule is Cc1cnc(C#N)nc1N1CCCCC1. The molecule has 0 bridgehead atoms. The molecular formula is C11H14N4. The largest absolute Gasteiger partial charge is 0.356 e. The van der Waals surface area contributed by atoms with Gasteiger partial charge in [-0.15, -0.1) is 0 Å². The fourth-order valence-corrected chi connectivity index (χ4v) is 1.91. The Balaban J connectivity index is 2.29. The third-order valence-electron chi connectivity index (χ3n) is 2.70. The Labute approximate surface area is 89.6 Å². The summed E-state index contributed by atoms with van der Waals surface area (Å²) in [5, 5.41) is 8.76. The van der Waals surface area contributed by atoms with Crippen LogP contribution in [0.4, 0.5) is 5.82 Å². The highest BCUT2D eigenvalue weighted by Gasteiger charge is 2.15. The van der Waals surface area contributed by atoms with Gasteiger partial charge in [-0.25, -0.2) is 9.97 Å². The van der Waals surface area contributed by atoms with Gasteiger partial charge in [0.2, 0.25) is 5.82 Å². The number of hydrogen-bond donors (Lipinski definition) is 0. The number of nitrogens with zero attached hydrogens (tertiary/aromatic N) is 4. The van der Waals surface area contributed by atoms with Crippen LogP contribution in [0.25, 0.3) is 0 Å². The summed E-state index contributed by atoms with van der Waals surface area (Å²) < 4.78 is 0. The second kappa shape index (κ2) is 4.26. The molecule has 4 nitrogen and oxygen atoms in total. The standard InChI is InChI=1S/C11H14N4/c1-9-8-13-10(7-12)14-11(9)15-5-3-2-4-6-15/h8H,2-6H2,1H3. The Morgan fingerprint density at radius 3 is 2.73 bits per heavy atom. The van der Waals surface area contributed by atoms with Crippen LogP contribution in [0, 0.1) is 18.3 Å². The van der Waals surface area contributed by atoms with E-state index in [1.54, 1.807) is 6.20 Å². The molecule has 2 rings (SSSR count). The molecule has 1 fully saturated rings. The van der Waals surface area contributed by atoms with Gasteiger partial charge in [-0.3, -0.25) is 0 Å². The molecule has 1 aromatic rings. The van der Waals surface area contributed by atoms with E-state index in [4.69, 9.17) is 5.26 Å². The molecule has 0 amide bonds. The zero-order chi connectivity index (χ0) is 10.7. The van der Waals surface area contributed by atoms with Gasteiger partial charge in [0.1, 0.15) is 11.9 Å². The minimum Gasteiger partial charge on any atom is -0.356 e. The van der Waals surface area contributed by atoms with Crippen LogP contribution in [0.3, 0.4) is 0 Å². The molecule has 0 unspecified atom stereocenters. The van der Waals surface area contributed by atoms with Crippen molar-refractivity contribution in [3.63, 3.8) is 0 Å². The molecule has 1 saturated heterocycles. The highest BCUT2D eigenvalue weighted by Crippen LogP contribution is 2.20. The summed E-state index contributed by atoms with van der Waals surface area (Å²) in [4.78, 5) is 10.5. The van der Waals surface area contributed by atoms with E-state index in [2.05, 4.69) is 14.9 Å². The Bertz CT molecular complexity index is 388.